The third kappa shape index (κ3) is 5.00. The van der Waals surface area contributed by atoms with Crippen LogP contribution in [0.3, 0.4) is 0 Å². The van der Waals surface area contributed by atoms with Crippen molar-refractivity contribution in [1.29, 1.82) is 0 Å². The van der Waals surface area contributed by atoms with Crippen LogP contribution in [-0.4, -0.2) is 67.4 Å². The van der Waals surface area contributed by atoms with Crippen LogP contribution in [0.15, 0.2) is 53.4 Å². The van der Waals surface area contributed by atoms with Crippen LogP contribution in [0.1, 0.15) is 16.8 Å². The fourth-order valence-corrected chi connectivity index (χ4v) is 5.84. The molecule has 1 aromatic heterocycles. The van der Waals surface area contributed by atoms with E-state index in [0.717, 1.165) is 37.4 Å². The van der Waals surface area contributed by atoms with Crippen molar-refractivity contribution in [1.82, 2.24) is 19.2 Å². The van der Waals surface area contributed by atoms with Gasteiger partial charge in [-0.1, -0.05) is 12.1 Å². The van der Waals surface area contributed by atoms with Crippen LogP contribution in [0.25, 0.3) is 0 Å². The molecule has 0 aliphatic carbocycles. The zero-order chi connectivity index (χ0) is 24.6. The summed E-state index contributed by atoms with van der Waals surface area (Å²) in [6, 6.07) is 12.6. The summed E-state index contributed by atoms with van der Waals surface area (Å²) in [7, 11) is -1.62. The number of ether oxygens (including phenoxy) is 1. The summed E-state index contributed by atoms with van der Waals surface area (Å²) >= 11 is 0. The Hall–Kier alpha value is -3.08. The first-order chi connectivity index (χ1) is 16.8. The molecule has 3 aromatic rings. The molecule has 2 aromatic carbocycles. The molecular weight excluding hydrogens is 469 g/mol. The normalized spacial score (nSPS) is 17.3. The van der Waals surface area contributed by atoms with E-state index in [9.17, 15) is 12.8 Å². The fraction of sp³-hybridized carbons (Fsp3) is 0.360. The van der Waals surface area contributed by atoms with E-state index in [1.54, 1.807) is 18.2 Å². The van der Waals surface area contributed by atoms with Crippen molar-refractivity contribution in [3.05, 3.63) is 71.2 Å². The third-order valence-electron chi connectivity index (χ3n) is 6.42. The largest absolute Gasteiger partial charge is 0.438 e. The molecule has 0 atom stereocenters. The highest BCUT2D eigenvalue weighted by atomic mass is 32.2. The molecule has 0 unspecified atom stereocenters. The van der Waals surface area contributed by atoms with Gasteiger partial charge in [-0.25, -0.2) is 17.8 Å². The smallest absolute Gasteiger partial charge is 0.243 e. The molecule has 2 aliphatic heterocycles. The van der Waals surface area contributed by atoms with Crippen molar-refractivity contribution in [3.8, 4) is 11.6 Å². The predicted molar refractivity (Wildman–Crippen MR) is 131 cm³/mol. The van der Waals surface area contributed by atoms with Crippen molar-refractivity contribution in [2.24, 2.45) is 0 Å². The van der Waals surface area contributed by atoms with E-state index >= 15 is 0 Å². The van der Waals surface area contributed by atoms with Crippen LogP contribution in [-0.2, 0) is 23.0 Å². The lowest BCUT2D eigenvalue weighted by Gasteiger charge is -2.34. The van der Waals surface area contributed by atoms with Crippen LogP contribution in [0.4, 0.5) is 10.3 Å². The molecule has 3 heterocycles. The molecule has 0 N–H and O–H groups in total. The minimum absolute atomic E-state index is 0.102. The van der Waals surface area contributed by atoms with Gasteiger partial charge in [0.15, 0.2) is 0 Å². The maximum atomic E-state index is 13.4. The lowest BCUT2D eigenvalue weighted by atomic mass is 10.1. The summed E-state index contributed by atoms with van der Waals surface area (Å²) in [5.74, 6) is 0.939. The number of aromatic nitrogens is 2. The van der Waals surface area contributed by atoms with E-state index in [1.165, 1.54) is 28.6 Å². The monoisotopic (exact) mass is 497 g/mol. The first-order valence-corrected chi connectivity index (χ1v) is 13.1. The third-order valence-corrected chi connectivity index (χ3v) is 8.26. The Morgan fingerprint density at radius 1 is 0.971 bits per heavy atom. The standard InChI is InChI=1S/C25H28FN5O3S/c1-18-4-3-5-21(16-18)35(32,33)31-11-10-23-22(17-31)24(34-20-8-6-19(26)7-9-20)28-25(27-23)30-14-12-29(2)13-15-30/h3-9,16H,10-15,17H2,1-2H3. The van der Waals surface area contributed by atoms with E-state index < -0.39 is 10.0 Å². The maximum absolute atomic E-state index is 13.4. The number of fused-ring (bicyclic) bond motifs is 1. The molecule has 2 aliphatic rings. The average molecular weight is 498 g/mol. The highest BCUT2D eigenvalue weighted by Gasteiger charge is 2.33. The van der Waals surface area contributed by atoms with Gasteiger partial charge in [0.1, 0.15) is 11.6 Å². The summed E-state index contributed by atoms with van der Waals surface area (Å²) in [5.41, 5.74) is 2.29. The number of benzene rings is 2. The van der Waals surface area contributed by atoms with Gasteiger partial charge in [-0.05, 0) is 55.9 Å². The van der Waals surface area contributed by atoms with Crippen LogP contribution in [0, 0.1) is 12.7 Å². The molecule has 0 saturated carbocycles. The van der Waals surface area contributed by atoms with Crippen molar-refractivity contribution in [3.63, 3.8) is 0 Å². The molecule has 8 nitrogen and oxygen atoms in total. The molecule has 0 bridgehead atoms. The van der Waals surface area contributed by atoms with Gasteiger partial charge in [0.05, 0.1) is 16.2 Å². The molecule has 5 rings (SSSR count). The van der Waals surface area contributed by atoms with Gasteiger partial charge in [0, 0.05) is 45.7 Å². The number of aryl methyl sites for hydroxylation is 1. The number of hydrogen-bond donors (Lipinski definition) is 0. The second-order valence-corrected chi connectivity index (χ2v) is 10.9. The van der Waals surface area contributed by atoms with Crippen LogP contribution in [0.5, 0.6) is 11.6 Å². The molecule has 1 saturated heterocycles. The second-order valence-electron chi connectivity index (χ2n) is 9.01. The van der Waals surface area contributed by atoms with Gasteiger partial charge in [-0.2, -0.15) is 9.29 Å². The van der Waals surface area contributed by atoms with E-state index in [-0.39, 0.29) is 17.3 Å². The van der Waals surface area contributed by atoms with Crippen molar-refractivity contribution in [2.75, 3.05) is 44.7 Å². The molecular formula is C25H28FN5O3S. The van der Waals surface area contributed by atoms with Gasteiger partial charge in [-0.3, -0.25) is 0 Å². The van der Waals surface area contributed by atoms with Gasteiger partial charge >= 0.3 is 0 Å². The zero-order valence-corrected chi connectivity index (χ0v) is 20.6. The van der Waals surface area contributed by atoms with Crippen molar-refractivity contribution < 1.29 is 17.5 Å². The van der Waals surface area contributed by atoms with E-state index in [0.29, 0.717) is 36.1 Å². The molecule has 35 heavy (non-hydrogen) atoms. The average Bonchev–Trinajstić information content (AvgIpc) is 2.85. The molecule has 0 amide bonds. The topological polar surface area (TPSA) is 78.9 Å². The first-order valence-electron chi connectivity index (χ1n) is 11.6. The van der Waals surface area contributed by atoms with Gasteiger partial charge in [0.2, 0.25) is 21.9 Å². The predicted octanol–water partition coefficient (Wildman–Crippen LogP) is 3.22. The van der Waals surface area contributed by atoms with E-state index in [1.807, 2.05) is 13.0 Å². The first kappa shape index (κ1) is 23.7. The molecule has 1 fully saturated rings. The SMILES string of the molecule is Cc1cccc(S(=O)(=O)N2CCc3nc(N4CCN(C)CC4)nc(Oc4ccc(F)cc4)c3C2)c1. The number of hydrogen-bond acceptors (Lipinski definition) is 7. The number of likely N-dealkylation sites (N-methyl/N-ethyl adjacent to an activating group) is 1. The number of nitrogens with zero attached hydrogens (tertiary/aromatic N) is 5. The summed E-state index contributed by atoms with van der Waals surface area (Å²) in [6.45, 7) is 5.67. The Morgan fingerprint density at radius 3 is 2.43 bits per heavy atom. The highest BCUT2D eigenvalue weighted by Crippen LogP contribution is 2.33. The highest BCUT2D eigenvalue weighted by molar-refractivity contribution is 7.89. The van der Waals surface area contributed by atoms with Crippen LogP contribution in [0.2, 0.25) is 0 Å². The summed E-state index contributed by atoms with van der Waals surface area (Å²) < 4.78 is 47.8. The minimum Gasteiger partial charge on any atom is -0.438 e. The van der Waals surface area contributed by atoms with Crippen molar-refractivity contribution in [2.45, 2.75) is 24.8 Å². The summed E-state index contributed by atoms with van der Waals surface area (Å²) in [6.07, 6.45) is 0.448. The van der Waals surface area contributed by atoms with E-state index in [4.69, 9.17) is 14.7 Å². The number of piperazine rings is 1. The number of halogens is 1. The summed E-state index contributed by atoms with van der Waals surface area (Å²) in [5, 5.41) is 0. The Balaban J connectivity index is 1.51. The maximum Gasteiger partial charge on any atom is 0.243 e. The Labute approximate surface area is 205 Å². The minimum atomic E-state index is -3.70. The number of rotatable bonds is 5. The van der Waals surface area contributed by atoms with Gasteiger partial charge in [0.25, 0.3) is 0 Å². The number of anilines is 1. The molecule has 10 heteroatoms. The van der Waals surface area contributed by atoms with Crippen molar-refractivity contribution >= 4 is 16.0 Å². The Morgan fingerprint density at radius 2 is 1.71 bits per heavy atom. The molecule has 0 radical (unpaired) electrons. The molecule has 184 valence electrons. The quantitative estimate of drug-likeness (QED) is 0.536. The molecule has 0 spiro atoms. The second kappa shape index (κ2) is 9.52. The fourth-order valence-electron chi connectivity index (χ4n) is 4.32. The summed E-state index contributed by atoms with van der Waals surface area (Å²) in [4.78, 5) is 14.2. The van der Waals surface area contributed by atoms with Crippen LogP contribution < -0.4 is 9.64 Å². The van der Waals surface area contributed by atoms with Gasteiger partial charge in [-0.15, -0.1) is 0 Å². The Bertz CT molecular complexity index is 1330. The van der Waals surface area contributed by atoms with Gasteiger partial charge < -0.3 is 14.5 Å². The number of sulfonamides is 1. The Kier molecular flexibility index (Phi) is 6.43. The lowest BCUT2D eigenvalue weighted by Crippen LogP contribution is -2.45. The lowest BCUT2D eigenvalue weighted by molar-refractivity contribution is 0.310. The van der Waals surface area contributed by atoms with E-state index in [2.05, 4.69) is 16.8 Å². The zero-order valence-electron chi connectivity index (χ0n) is 19.8. The van der Waals surface area contributed by atoms with Crippen LogP contribution >= 0.6 is 0 Å².